The van der Waals surface area contributed by atoms with Gasteiger partial charge in [0.2, 0.25) is 0 Å². The number of ketones is 1. The Bertz CT molecular complexity index is 704. The standard InChI is InChI=1S/C17H19NO6/c1-9(19)8-18-14(13(10(2)20)15(21)16(18)22)11-4-6-12(7-5-11)17(23)24-3/h4-7,9,14,19,21H,8H2,1-3H3/t9-,14-/m1/s1. The molecule has 0 unspecified atom stereocenters. The van der Waals surface area contributed by atoms with Gasteiger partial charge in [0.05, 0.1) is 30.4 Å². The highest BCUT2D eigenvalue weighted by molar-refractivity contribution is 6.08. The van der Waals surface area contributed by atoms with E-state index in [0.29, 0.717) is 11.1 Å². The van der Waals surface area contributed by atoms with E-state index in [1.807, 2.05) is 0 Å². The van der Waals surface area contributed by atoms with Gasteiger partial charge in [-0.2, -0.15) is 0 Å². The highest BCUT2D eigenvalue weighted by Gasteiger charge is 2.42. The maximum Gasteiger partial charge on any atom is 0.337 e. The number of ether oxygens (including phenoxy) is 1. The molecule has 2 rings (SSSR count). The van der Waals surface area contributed by atoms with Crippen LogP contribution in [-0.4, -0.2) is 52.5 Å². The normalized spacial score (nSPS) is 18.8. The third-order valence-electron chi connectivity index (χ3n) is 3.79. The van der Waals surface area contributed by atoms with Crippen molar-refractivity contribution in [3.05, 3.63) is 46.7 Å². The minimum Gasteiger partial charge on any atom is -0.503 e. The van der Waals surface area contributed by atoms with Crippen molar-refractivity contribution < 1.29 is 29.3 Å². The molecule has 0 bridgehead atoms. The van der Waals surface area contributed by atoms with E-state index in [2.05, 4.69) is 4.74 Å². The number of aliphatic hydroxyl groups excluding tert-OH is 2. The number of carbonyl (C=O) groups is 3. The summed E-state index contributed by atoms with van der Waals surface area (Å²) in [6, 6.07) is 5.39. The Morgan fingerprint density at radius 2 is 1.88 bits per heavy atom. The molecular weight excluding hydrogens is 314 g/mol. The van der Waals surface area contributed by atoms with Crippen LogP contribution in [0, 0.1) is 0 Å². The number of Topliss-reactive ketones (excluding diaryl/α,β-unsaturated/α-hetero) is 1. The SMILES string of the molecule is COC(=O)c1ccc([C@@H]2C(C(C)=O)=C(O)C(=O)N2C[C@@H](C)O)cc1. The molecule has 1 aliphatic heterocycles. The smallest absolute Gasteiger partial charge is 0.337 e. The molecule has 0 saturated carbocycles. The van der Waals surface area contributed by atoms with Gasteiger partial charge in [0.1, 0.15) is 0 Å². The minimum atomic E-state index is -0.829. The summed E-state index contributed by atoms with van der Waals surface area (Å²) < 4.78 is 4.63. The second kappa shape index (κ2) is 6.84. The number of amides is 1. The Balaban J connectivity index is 2.47. The summed E-state index contributed by atoms with van der Waals surface area (Å²) in [5.74, 6) is -2.25. The molecule has 1 aromatic rings. The first-order chi connectivity index (χ1) is 11.3. The molecule has 1 aliphatic rings. The molecule has 1 heterocycles. The second-order valence-electron chi connectivity index (χ2n) is 5.64. The lowest BCUT2D eigenvalue weighted by Gasteiger charge is -2.27. The number of nitrogens with zero attached hydrogens (tertiary/aromatic N) is 1. The molecule has 0 radical (unpaired) electrons. The molecular formula is C17H19NO6. The predicted molar refractivity (Wildman–Crippen MR) is 84.3 cm³/mol. The van der Waals surface area contributed by atoms with Crippen molar-refractivity contribution in [3.8, 4) is 0 Å². The lowest BCUT2D eigenvalue weighted by atomic mass is 9.96. The Labute approximate surface area is 139 Å². The molecule has 7 heteroatoms. The molecule has 0 spiro atoms. The van der Waals surface area contributed by atoms with Crippen LogP contribution in [0.5, 0.6) is 0 Å². The summed E-state index contributed by atoms with van der Waals surface area (Å²) in [5.41, 5.74) is 0.850. The number of β-amino-alcohol motifs (C(OH)–C–C–N with tert-alkyl or cyclic N) is 1. The molecule has 7 nitrogen and oxygen atoms in total. The van der Waals surface area contributed by atoms with Crippen LogP contribution < -0.4 is 0 Å². The Hall–Kier alpha value is -2.67. The van der Waals surface area contributed by atoms with E-state index in [-0.39, 0.29) is 12.1 Å². The predicted octanol–water partition coefficient (Wildman–Crippen LogP) is 1.14. The van der Waals surface area contributed by atoms with E-state index >= 15 is 0 Å². The second-order valence-corrected chi connectivity index (χ2v) is 5.64. The van der Waals surface area contributed by atoms with Crippen molar-refractivity contribution >= 4 is 17.7 Å². The van der Waals surface area contributed by atoms with Gasteiger partial charge in [-0.3, -0.25) is 9.59 Å². The van der Waals surface area contributed by atoms with Crippen LogP contribution in [0.4, 0.5) is 0 Å². The number of carbonyl (C=O) groups excluding carboxylic acids is 3. The van der Waals surface area contributed by atoms with Crippen LogP contribution in [0.1, 0.15) is 35.8 Å². The fourth-order valence-corrected chi connectivity index (χ4v) is 2.75. The lowest BCUT2D eigenvalue weighted by molar-refractivity contribution is -0.130. The topological polar surface area (TPSA) is 104 Å². The Kier molecular flexibility index (Phi) is 5.04. The van der Waals surface area contributed by atoms with E-state index in [1.165, 1.54) is 38.0 Å². The van der Waals surface area contributed by atoms with Gasteiger partial charge in [-0.15, -0.1) is 0 Å². The number of aliphatic hydroxyl groups is 2. The third-order valence-corrected chi connectivity index (χ3v) is 3.79. The third kappa shape index (κ3) is 3.16. The van der Waals surface area contributed by atoms with Crippen molar-refractivity contribution in [1.29, 1.82) is 0 Å². The van der Waals surface area contributed by atoms with E-state index < -0.39 is 35.6 Å². The van der Waals surface area contributed by atoms with Gasteiger partial charge >= 0.3 is 5.97 Å². The fraction of sp³-hybridized carbons (Fsp3) is 0.353. The van der Waals surface area contributed by atoms with Crippen LogP contribution in [-0.2, 0) is 14.3 Å². The largest absolute Gasteiger partial charge is 0.503 e. The van der Waals surface area contributed by atoms with E-state index in [0.717, 1.165) is 0 Å². The van der Waals surface area contributed by atoms with Gasteiger partial charge in [0.15, 0.2) is 11.5 Å². The highest BCUT2D eigenvalue weighted by Crippen LogP contribution is 2.37. The lowest BCUT2D eigenvalue weighted by Crippen LogP contribution is -2.36. The average molecular weight is 333 g/mol. The number of hydrogen-bond donors (Lipinski definition) is 2. The average Bonchev–Trinajstić information content (AvgIpc) is 2.78. The van der Waals surface area contributed by atoms with Gasteiger partial charge in [-0.1, -0.05) is 12.1 Å². The van der Waals surface area contributed by atoms with Crippen molar-refractivity contribution in [3.63, 3.8) is 0 Å². The first kappa shape index (κ1) is 17.7. The van der Waals surface area contributed by atoms with Crippen molar-refractivity contribution in [2.75, 3.05) is 13.7 Å². The summed E-state index contributed by atoms with van der Waals surface area (Å²) in [5, 5.41) is 19.7. The fourth-order valence-electron chi connectivity index (χ4n) is 2.75. The van der Waals surface area contributed by atoms with Crippen molar-refractivity contribution in [1.82, 2.24) is 4.90 Å². The number of benzene rings is 1. The maximum absolute atomic E-state index is 12.2. The molecule has 24 heavy (non-hydrogen) atoms. The molecule has 0 aliphatic carbocycles. The van der Waals surface area contributed by atoms with Crippen molar-refractivity contribution in [2.24, 2.45) is 0 Å². The monoisotopic (exact) mass is 333 g/mol. The van der Waals surface area contributed by atoms with Gasteiger partial charge in [0.25, 0.3) is 5.91 Å². The number of methoxy groups -OCH3 is 1. The van der Waals surface area contributed by atoms with Gasteiger partial charge in [0, 0.05) is 6.54 Å². The van der Waals surface area contributed by atoms with Gasteiger partial charge in [-0.25, -0.2) is 4.79 Å². The quantitative estimate of drug-likeness (QED) is 0.783. The van der Waals surface area contributed by atoms with E-state index in [1.54, 1.807) is 12.1 Å². The summed E-state index contributed by atoms with van der Waals surface area (Å²) in [6.07, 6.45) is -0.829. The summed E-state index contributed by atoms with van der Waals surface area (Å²) in [6.45, 7) is 2.73. The Morgan fingerprint density at radius 1 is 1.29 bits per heavy atom. The molecule has 1 aromatic carbocycles. The summed E-state index contributed by atoms with van der Waals surface area (Å²) in [4.78, 5) is 36.9. The highest BCUT2D eigenvalue weighted by atomic mass is 16.5. The van der Waals surface area contributed by atoms with Crippen LogP contribution in [0.3, 0.4) is 0 Å². The number of esters is 1. The van der Waals surface area contributed by atoms with Gasteiger partial charge < -0.3 is 19.8 Å². The molecule has 2 N–H and O–H groups in total. The van der Waals surface area contributed by atoms with Crippen LogP contribution in [0.15, 0.2) is 35.6 Å². The summed E-state index contributed by atoms with van der Waals surface area (Å²) >= 11 is 0. The molecule has 128 valence electrons. The Morgan fingerprint density at radius 3 is 2.33 bits per heavy atom. The first-order valence-corrected chi connectivity index (χ1v) is 7.39. The molecule has 0 fully saturated rings. The van der Waals surface area contributed by atoms with Crippen molar-refractivity contribution in [2.45, 2.75) is 26.0 Å². The minimum absolute atomic E-state index is 0.0218. The van der Waals surface area contributed by atoms with Crippen LogP contribution in [0.2, 0.25) is 0 Å². The molecule has 1 amide bonds. The zero-order valence-corrected chi connectivity index (χ0v) is 13.6. The van der Waals surface area contributed by atoms with E-state index in [4.69, 9.17) is 0 Å². The molecule has 0 saturated heterocycles. The number of rotatable bonds is 5. The first-order valence-electron chi connectivity index (χ1n) is 7.39. The maximum atomic E-state index is 12.2. The van der Waals surface area contributed by atoms with E-state index in [9.17, 15) is 24.6 Å². The molecule has 0 aromatic heterocycles. The van der Waals surface area contributed by atoms with Crippen LogP contribution in [0.25, 0.3) is 0 Å². The zero-order valence-electron chi connectivity index (χ0n) is 13.6. The van der Waals surface area contributed by atoms with Gasteiger partial charge in [-0.05, 0) is 31.5 Å². The number of hydrogen-bond acceptors (Lipinski definition) is 6. The summed E-state index contributed by atoms with van der Waals surface area (Å²) in [7, 11) is 1.27. The zero-order chi connectivity index (χ0) is 18.0. The molecule has 2 atom stereocenters. The van der Waals surface area contributed by atoms with Crippen LogP contribution >= 0.6 is 0 Å².